The molecule has 3 aromatic rings. The Kier molecular flexibility index (Phi) is 7.29. The van der Waals surface area contributed by atoms with Crippen LogP contribution in [0.25, 0.3) is 11.0 Å². The number of fused-ring (bicyclic) bond motifs is 1. The molecule has 2 aromatic carbocycles. The number of Topliss-reactive ketones (excluding diaryl/α,β-unsaturated/α-hetero) is 1. The van der Waals surface area contributed by atoms with Crippen LogP contribution in [0.4, 0.5) is 4.39 Å². The summed E-state index contributed by atoms with van der Waals surface area (Å²) in [4.78, 5) is 13.6. The fourth-order valence-electron chi connectivity index (χ4n) is 4.75. The van der Waals surface area contributed by atoms with Crippen LogP contribution in [0.2, 0.25) is 0 Å². The van der Waals surface area contributed by atoms with Gasteiger partial charge in [0.15, 0.2) is 11.4 Å². The van der Waals surface area contributed by atoms with Crippen molar-refractivity contribution in [2.24, 2.45) is 0 Å². The Morgan fingerprint density at radius 3 is 2.72 bits per heavy atom. The highest BCUT2D eigenvalue weighted by Gasteiger charge is 2.48. The van der Waals surface area contributed by atoms with E-state index < -0.39 is 11.3 Å². The molecular formula is C25H29FN2O4. The number of nitrogens with zero attached hydrogens (tertiary/aromatic N) is 1. The average Bonchev–Trinajstić information content (AvgIpc) is 3.24. The van der Waals surface area contributed by atoms with Crippen LogP contribution in [0, 0.1) is 5.82 Å². The van der Waals surface area contributed by atoms with E-state index in [4.69, 9.17) is 14.0 Å². The predicted octanol–water partition coefficient (Wildman–Crippen LogP) is 4.34. The first kappa shape index (κ1) is 22.6. The van der Waals surface area contributed by atoms with Crippen molar-refractivity contribution in [3.8, 4) is 0 Å². The minimum absolute atomic E-state index is 0.0311. The van der Waals surface area contributed by atoms with Crippen LogP contribution < -0.4 is 5.32 Å². The maximum absolute atomic E-state index is 13.8. The molecule has 1 aromatic heterocycles. The Balaban J connectivity index is 1.75. The Morgan fingerprint density at radius 1 is 1.19 bits per heavy atom. The lowest BCUT2D eigenvalue weighted by Gasteiger charge is -2.42. The lowest BCUT2D eigenvalue weighted by Crippen LogP contribution is -2.47. The van der Waals surface area contributed by atoms with E-state index in [0.29, 0.717) is 30.7 Å². The van der Waals surface area contributed by atoms with Gasteiger partial charge in [0.05, 0.1) is 11.6 Å². The van der Waals surface area contributed by atoms with Crippen molar-refractivity contribution in [1.82, 2.24) is 10.5 Å². The fourth-order valence-corrected chi connectivity index (χ4v) is 4.75. The van der Waals surface area contributed by atoms with Crippen LogP contribution in [0.3, 0.4) is 0 Å². The number of halogens is 1. The van der Waals surface area contributed by atoms with Crippen molar-refractivity contribution in [2.45, 2.75) is 37.5 Å². The van der Waals surface area contributed by atoms with Crippen LogP contribution in [-0.2, 0) is 19.7 Å². The number of nitrogens with one attached hydrogen (secondary N) is 1. The van der Waals surface area contributed by atoms with Crippen LogP contribution in [0.1, 0.15) is 43.4 Å². The van der Waals surface area contributed by atoms with Gasteiger partial charge in [-0.15, -0.1) is 0 Å². The van der Waals surface area contributed by atoms with E-state index in [-0.39, 0.29) is 25.0 Å². The number of piperidine rings is 1. The van der Waals surface area contributed by atoms with Gasteiger partial charge in [-0.2, -0.15) is 0 Å². The third-order valence-corrected chi connectivity index (χ3v) is 6.17. The van der Waals surface area contributed by atoms with Crippen LogP contribution in [0.15, 0.2) is 53.1 Å². The topological polar surface area (TPSA) is 73.6 Å². The van der Waals surface area contributed by atoms with Crippen molar-refractivity contribution in [3.63, 3.8) is 0 Å². The number of aromatic nitrogens is 1. The van der Waals surface area contributed by atoms with Gasteiger partial charge in [-0.05, 0) is 50.0 Å². The molecule has 0 bridgehead atoms. The summed E-state index contributed by atoms with van der Waals surface area (Å²) in [6, 6.07) is 14.2. The Morgan fingerprint density at radius 2 is 1.97 bits per heavy atom. The largest absolute Gasteiger partial charge is 0.356 e. The summed E-state index contributed by atoms with van der Waals surface area (Å²) in [5.74, 6) is -0.887. The first-order valence-corrected chi connectivity index (χ1v) is 11.1. The van der Waals surface area contributed by atoms with Gasteiger partial charge in [-0.1, -0.05) is 42.4 Å². The molecule has 0 aliphatic carbocycles. The summed E-state index contributed by atoms with van der Waals surface area (Å²) in [6.45, 7) is 4.13. The molecule has 1 atom stereocenters. The molecular weight excluding hydrogens is 411 g/mol. The summed E-state index contributed by atoms with van der Waals surface area (Å²) in [5.41, 5.74) is 1.41. The Labute approximate surface area is 187 Å². The van der Waals surface area contributed by atoms with E-state index in [0.717, 1.165) is 30.5 Å². The molecule has 1 fully saturated rings. The van der Waals surface area contributed by atoms with Gasteiger partial charge < -0.3 is 19.3 Å². The highest BCUT2D eigenvalue weighted by molar-refractivity contribution is 5.90. The summed E-state index contributed by atoms with van der Waals surface area (Å²) in [7, 11) is 0. The standard InChI is InChI=1S/C25H29FN2O4/c1-2-14-30-17-31-16-21(29)23(18-6-4-3-5-7-18)25(10-12-27-13-11-25)24-20-9-8-19(26)15-22(20)32-28-24/h3-9,15,23,27H,2,10-14,16-17H2,1H3. The molecule has 0 amide bonds. The first-order chi connectivity index (χ1) is 15.7. The summed E-state index contributed by atoms with van der Waals surface area (Å²) in [5, 5.41) is 8.53. The predicted molar refractivity (Wildman–Crippen MR) is 119 cm³/mol. The molecule has 1 aliphatic heterocycles. The number of ketones is 1. The second-order valence-electron chi connectivity index (χ2n) is 8.26. The van der Waals surface area contributed by atoms with Gasteiger partial charge in [0.25, 0.3) is 0 Å². The van der Waals surface area contributed by atoms with E-state index in [1.807, 2.05) is 37.3 Å². The first-order valence-electron chi connectivity index (χ1n) is 11.1. The molecule has 1 aliphatic rings. The number of carbonyl (C=O) groups excluding carboxylic acids is 1. The number of rotatable bonds is 10. The van der Waals surface area contributed by atoms with Gasteiger partial charge in [0, 0.05) is 23.5 Å². The lowest BCUT2D eigenvalue weighted by atomic mass is 9.62. The number of benzene rings is 2. The molecule has 1 saturated heterocycles. The Hall–Kier alpha value is -2.61. The molecule has 4 rings (SSSR count). The smallest absolute Gasteiger partial charge is 0.170 e. The van der Waals surface area contributed by atoms with Crippen LogP contribution in [0.5, 0.6) is 0 Å². The minimum atomic E-state index is -0.597. The van der Waals surface area contributed by atoms with E-state index in [1.165, 1.54) is 12.1 Å². The molecule has 32 heavy (non-hydrogen) atoms. The molecule has 0 saturated carbocycles. The summed E-state index contributed by atoms with van der Waals surface area (Å²) in [6.07, 6.45) is 2.28. The van der Waals surface area contributed by atoms with Gasteiger partial charge in [0.1, 0.15) is 19.2 Å². The minimum Gasteiger partial charge on any atom is -0.356 e. The third-order valence-electron chi connectivity index (χ3n) is 6.17. The lowest BCUT2D eigenvalue weighted by molar-refractivity contribution is -0.133. The molecule has 6 nitrogen and oxygen atoms in total. The molecule has 1 N–H and O–H groups in total. The fraction of sp³-hybridized carbons (Fsp3) is 0.440. The highest BCUT2D eigenvalue weighted by Crippen LogP contribution is 2.48. The van der Waals surface area contributed by atoms with Crippen molar-refractivity contribution in [2.75, 3.05) is 33.1 Å². The van der Waals surface area contributed by atoms with Crippen molar-refractivity contribution in [3.05, 3.63) is 65.6 Å². The zero-order chi connectivity index (χ0) is 22.4. The summed E-state index contributed by atoms with van der Waals surface area (Å²) < 4.78 is 30.3. The number of ether oxygens (including phenoxy) is 2. The molecule has 1 unspecified atom stereocenters. The Bertz CT molecular complexity index is 1030. The van der Waals surface area contributed by atoms with Gasteiger partial charge in [0.2, 0.25) is 0 Å². The zero-order valence-corrected chi connectivity index (χ0v) is 18.3. The SMILES string of the molecule is CCCOCOCC(=O)C(c1ccccc1)C1(c2noc3cc(F)ccc23)CCNCC1. The second-order valence-corrected chi connectivity index (χ2v) is 8.26. The maximum Gasteiger partial charge on any atom is 0.170 e. The van der Waals surface area contributed by atoms with Crippen molar-refractivity contribution in [1.29, 1.82) is 0 Å². The maximum atomic E-state index is 13.8. The van der Waals surface area contributed by atoms with E-state index in [1.54, 1.807) is 6.07 Å². The highest BCUT2D eigenvalue weighted by atomic mass is 19.1. The molecule has 170 valence electrons. The van der Waals surface area contributed by atoms with E-state index in [9.17, 15) is 9.18 Å². The van der Waals surface area contributed by atoms with Crippen molar-refractivity contribution >= 4 is 16.8 Å². The molecule has 0 radical (unpaired) electrons. The summed E-state index contributed by atoms with van der Waals surface area (Å²) >= 11 is 0. The van der Waals surface area contributed by atoms with Gasteiger partial charge in [-0.3, -0.25) is 4.79 Å². The van der Waals surface area contributed by atoms with E-state index in [2.05, 4.69) is 10.5 Å². The van der Waals surface area contributed by atoms with Crippen molar-refractivity contribution < 1.29 is 23.2 Å². The van der Waals surface area contributed by atoms with Crippen LogP contribution >= 0.6 is 0 Å². The van der Waals surface area contributed by atoms with E-state index >= 15 is 0 Å². The average molecular weight is 441 g/mol. The quantitative estimate of drug-likeness (QED) is 0.373. The molecule has 7 heteroatoms. The van der Waals surface area contributed by atoms with Gasteiger partial charge in [-0.25, -0.2) is 4.39 Å². The third kappa shape index (κ3) is 4.60. The van der Waals surface area contributed by atoms with Crippen LogP contribution in [-0.4, -0.2) is 44.0 Å². The van der Waals surface area contributed by atoms with Gasteiger partial charge >= 0.3 is 0 Å². The zero-order valence-electron chi connectivity index (χ0n) is 18.3. The number of carbonyl (C=O) groups is 1. The normalized spacial score (nSPS) is 16.8. The number of hydrogen-bond acceptors (Lipinski definition) is 6. The number of hydrogen-bond donors (Lipinski definition) is 1. The second kappa shape index (κ2) is 10.3. The molecule has 2 heterocycles. The molecule has 0 spiro atoms. The monoisotopic (exact) mass is 440 g/mol.